The van der Waals surface area contributed by atoms with Crippen LogP contribution in [-0.2, 0) is 16.4 Å². The number of nitrogens with one attached hydrogen (secondary N) is 1. The van der Waals surface area contributed by atoms with Crippen molar-refractivity contribution in [1.29, 1.82) is 0 Å². The Balaban J connectivity index is 1.74. The lowest BCUT2D eigenvalue weighted by Crippen LogP contribution is -2.23. The minimum atomic E-state index is -2.81. The van der Waals surface area contributed by atoms with Gasteiger partial charge in [0.2, 0.25) is 0 Å². The van der Waals surface area contributed by atoms with Crippen LogP contribution in [0.2, 0.25) is 0 Å². The zero-order chi connectivity index (χ0) is 16.3. The predicted octanol–water partition coefficient (Wildman–Crippen LogP) is 2.76. The highest BCUT2D eigenvalue weighted by Crippen LogP contribution is 2.28. The van der Waals surface area contributed by atoms with Gasteiger partial charge in [0, 0.05) is 12.1 Å². The Hall–Kier alpha value is -1.59. The number of sulfone groups is 1. The molecule has 1 aliphatic rings. The van der Waals surface area contributed by atoms with Crippen molar-refractivity contribution in [1.82, 2.24) is 5.32 Å². The van der Waals surface area contributed by atoms with Gasteiger partial charge in [-0.2, -0.15) is 0 Å². The molecule has 3 rings (SSSR count). The van der Waals surface area contributed by atoms with E-state index in [4.69, 9.17) is 4.74 Å². The van der Waals surface area contributed by atoms with Gasteiger partial charge in [-0.25, -0.2) is 8.42 Å². The number of ether oxygens (including phenoxy) is 1. The average Bonchev–Trinajstić information content (AvgIpc) is 2.88. The molecule has 1 saturated heterocycles. The molecule has 1 N–H and O–H groups in total. The van der Waals surface area contributed by atoms with E-state index in [9.17, 15) is 8.42 Å². The summed E-state index contributed by atoms with van der Waals surface area (Å²) in [5.41, 5.74) is 1.14. The van der Waals surface area contributed by atoms with Gasteiger partial charge in [0.15, 0.2) is 9.84 Å². The molecule has 0 saturated carbocycles. The van der Waals surface area contributed by atoms with Crippen LogP contribution in [0.3, 0.4) is 0 Å². The maximum atomic E-state index is 11.5. The standard InChI is InChI=1S/C18H23NO3S/c1-2-22-18-8-7-15-5-3-4-6-16(15)17(18)12-19-11-14-9-10-23(20,21)13-14/h3-8,14,19H,2,9-13H2,1H3/t14-/m0/s1. The van der Waals surface area contributed by atoms with Gasteiger partial charge in [0.25, 0.3) is 0 Å². The fourth-order valence-electron chi connectivity index (χ4n) is 3.22. The van der Waals surface area contributed by atoms with E-state index >= 15 is 0 Å². The minimum absolute atomic E-state index is 0.227. The molecular weight excluding hydrogens is 310 g/mol. The molecule has 0 amide bonds. The highest BCUT2D eigenvalue weighted by Gasteiger charge is 2.27. The van der Waals surface area contributed by atoms with Crippen LogP contribution in [0, 0.1) is 5.92 Å². The zero-order valence-corrected chi connectivity index (χ0v) is 14.2. The van der Waals surface area contributed by atoms with Gasteiger partial charge in [-0.15, -0.1) is 0 Å². The van der Waals surface area contributed by atoms with Crippen molar-refractivity contribution in [3.8, 4) is 5.75 Å². The summed E-state index contributed by atoms with van der Waals surface area (Å²) >= 11 is 0. The fraction of sp³-hybridized carbons (Fsp3) is 0.444. The van der Waals surface area contributed by atoms with Gasteiger partial charge in [-0.3, -0.25) is 0 Å². The smallest absolute Gasteiger partial charge is 0.150 e. The van der Waals surface area contributed by atoms with Crippen molar-refractivity contribution in [3.63, 3.8) is 0 Å². The second-order valence-corrected chi connectivity index (χ2v) is 8.33. The monoisotopic (exact) mass is 333 g/mol. The predicted molar refractivity (Wildman–Crippen MR) is 93.6 cm³/mol. The molecule has 124 valence electrons. The largest absolute Gasteiger partial charge is 0.494 e. The summed E-state index contributed by atoms with van der Waals surface area (Å²) in [7, 11) is -2.81. The molecule has 0 unspecified atom stereocenters. The minimum Gasteiger partial charge on any atom is -0.494 e. The zero-order valence-electron chi connectivity index (χ0n) is 13.4. The van der Waals surface area contributed by atoms with Gasteiger partial charge in [-0.05, 0) is 42.6 Å². The normalized spacial score (nSPS) is 20.0. The van der Waals surface area contributed by atoms with E-state index in [-0.39, 0.29) is 5.92 Å². The van der Waals surface area contributed by atoms with E-state index in [0.717, 1.165) is 24.3 Å². The van der Waals surface area contributed by atoms with Crippen molar-refractivity contribution >= 4 is 20.6 Å². The Morgan fingerprint density at radius 1 is 1.22 bits per heavy atom. The number of rotatable bonds is 6. The van der Waals surface area contributed by atoms with Crippen LogP contribution >= 0.6 is 0 Å². The summed E-state index contributed by atoms with van der Waals surface area (Å²) in [6.45, 7) is 4.03. The third-order valence-electron chi connectivity index (χ3n) is 4.36. The van der Waals surface area contributed by atoms with E-state index in [2.05, 4.69) is 23.5 Å². The number of benzene rings is 2. The fourth-order valence-corrected chi connectivity index (χ4v) is 5.09. The van der Waals surface area contributed by atoms with Gasteiger partial charge in [-0.1, -0.05) is 30.3 Å². The summed E-state index contributed by atoms with van der Waals surface area (Å²) in [5.74, 6) is 1.77. The van der Waals surface area contributed by atoms with Crippen LogP contribution in [-0.4, -0.2) is 33.1 Å². The molecule has 2 aromatic rings. The van der Waals surface area contributed by atoms with E-state index in [1.807, 2.05) is 25.1 Å². The van der Waals surface area contributed by atoms with Crippen LogP contribution < -0.4 is 10.1 Å². The summed E-state index contributed by atoms with van der Waals surface area (Å²) in [5, 5.41) is 5.80. The maximum Gasteiger partial charge on any atom is 0.150 e. The second kappa shape index (κ2) is 6.89. The molecule has 0 spiro atoms. The Morgan fingerprint density at radius 3 is 2.78 bits per heavy atom. The molecule has 4 nitrogen and oxygen atoms in total. The van der Waals surface area contributed by atoms with Crippen molar-refractivity contribution in [3.05, 3.63) is 42.0 Å². The van der Waals surface area contributed by atoms with Gasteiger partial charge in [0.05, 0.1) is 18.1 Å². The van der Waals surface area contributed by atoms with Crippen molar-refractivity contribution in [2.24, 2.45) is 5.92 Å². The van der Waals surface area contributed by atoms with Crippen molar-refractivity contribution < 1.29 is 13.2 Å². The van der Waals surface area contributed by atoms with Gasteiger partial charge >= 0.3 is 0 Å². The van der Waals surface area contributed by atoms with Crippen LogP contribution in [0.15, 0.2) is 36.4 Å². The maximum absolute atomic E-state index is 11.5. The summed E-state index contributed by atoms with van der Waals surface area (Å²) in [6.07, 6.45) is 0.767. The lowest BCUT2D eigenvalue weighted by Gasteiger charge is -2.15. The first-order chi connectivity index (χ1) is 11.1. The average molecular weight is 333 g/mol. The SMILES string of the molecule is CCOc1ccc2ccccc2c1CNC[C@@H]1CCS(=O)(=O)C1. The van der Waals surface area contributed by atoms with E-state index in [1.54, 1.807) is 0 Å². The van der Waals surface area contributed by atoms with Crippen molar-refractivity contribution in [2.75, 3.05) is 24.7 Å². The van der Waals surface area contributed by atoms with E-state index in [0.29, 0.717) is 24.7 Å². The topological polar surface area (TPSA) is 55.4 Å². The first kappa shape index (κ1) is 16.3. The molecule has 1 fully saturated rings. The molecule has 1 heterocycles. The first-order valence-electron chi connectivity index (χ1n) is 8.13. The second-order valence-electron chi connectivity index (χ2n) is 6.10. The first-order valence-corrected chi connectivity index (χ1v) is 9.96. The summed E-state index contributed by atoms with van der Waals surface area (Å²) in [4.78, 5) is 0. The van der Waals surface area contributed by atoms with E-state index < -0.39 is 9.84 Å². The molecule has 0 radical (unpaired) electrons. The van der Waals surface area contributed by atoms with Crippen molar-refractivity contribution in [2.45, 2.75) is 19.9 Å². The third-order valence-corrected chi connectivity index (χ3v) is 6.20. The Kier molecular flexibility index (Phi) is 4.87. The Labute approximate surface area is 137 Å². The number of fused-ring (bicyclic) bond motifs is 1. The van der Waals surface area contributed by atoms with Crippen LogP contribution in [0.1, 0.15) is 18.9 Å². The highest BCUT2D eigenvalue weighted by molar-refractivity contribution is 7.91. The van der Waals surface area contributed by atoms with Crippen LogP contribution in [0.5, 0.6) is 5.75 Å². The molecule has 1 atom stereocenters. The number of hydrogen-bond acceptors (Lipinski definition) is 4. The van der Waals surface area contributed by atoms with Gasteiger partial charge < -0.3 is 10.1 Å². The molecule has 1 aliphatic heterocycles. The third kappa shape index (κ3) is 3.85. The lowest BCUT2D eigenvalue weighted by molar-refractivity contribution is 0.336. The molecule has 0 aliphatic carbocycles. The molecule has 2 aromatic carbocycles. The molecule has 0 aromatic heterocycles. The van der Waals surface area contributed by atoms with Crippen LogP contribution in [0.25, 0.3) is 10.8 Å². The Bertz CT molecular complexity index is 786. The number of hydrogen-bond donors (Lipinski definition) is 1. The molecule has 23 heavy (non-hydrogen) atoms. The quantitative estimate of drug-likeness (QED) is 0.883. The lowest BCUT2D eigenvalue weighted by atomic mass is 10.0. The molecular formula is C18H23NO3S. The van der Waals surface area contributed by atoms with E-state index in [1.165, 1.54) is 10.8 Å². The molecule has 0 bridgehead atoms. The summed E-state index contributed by atoms with van der Waals surface area (Å²) < 4.78 is 28.8. The van der Waals surface area contributed by atoms with Gasteiger partial charge in [0.1, 0.15) is 5.75 Å². The van der Waals surface area contributed by atoms with Crippen LogP contribution in [0.4, 0.5) is 0 Å². The molecule has 5 heteroatoms. The Morgan fingerprint density at radius 2 is 2.04 bits per heavy atom. The summed E-state index contributed by atoms with van der Waals surface area (Å²) in [6, 6.07) is 12.4. The highest BCUT2D eigenvalue weighted by atomic mass is 32.2.